The topological polar surface area (TPSA) is 40.9 Å². The van der Waals surface area contributed by atoms with Gasteiger partial charge in [0.15, 0.2) is 5.78 Å². The van der Waals surface area contributed by atoms with E-state index in [0.717, 1.165) is 14.7 Å². The van der Waals surface area contributed by atoms with Gasteiger partial charge in [-0.05, 0) is 47.2 Å². The molecule has 0 saturated carbocycles. The van der Waals surface area contributed by atoms with Crippen LogP contribution in [0.15, 0.2) is 48.5 Å². The zero-order valence-corrected chi connectivity index (χ0v) is 12.6. The molecule has 0 bridgehead atoms. The predicted octanol–water partition coefficient (Wildman–Crippen LogP) is 4.09. The number of nitriles is 1. The monoisotopic (exact) mass is 361 g/mol. The Morgan fingerprint density at radius 3 is 2.58 bits per heavy atom. The average molecular weight is 361 g/mol. The van der Waals surface area contributed by atoms with Crippen LogP contribution in [0, 0.1) is 21.8 Å². The molecule has 2 aromatic carbocycles. The number of carbonyl (C=O) groups is 1. The van der Waals surface area contributed by atoms with Crippen molar-refractivity contribution in [3.63, 3.8) is 0 Å². The Hall–Kier alpha value is -1.67. The van der Waals surface area contributed by atoms with Gasteiger partial charge >= 0.3 is 0 Å². The first kappa shape index (κ1) is 13.8. The van der Waals surface area contributed by atoms with Crippen LogP contribution in [0.25, 0.3) is 0 Å². The summed E-state index contributed by atoms with van der Waals surface area (Å²) in [6.07, 6.45) is 0. The highest BCUT2D eigenvalue weighted by molar-refractivity contribution is 14.1. The van der Waals surface area contributed by atoms with Crippen molar-refractivity contribution < 1.29 is 4.79 Å². The minimum absolute atomic E-state index is 0.147. The van der Waals surface area contributed by atoms with Crippen molar-refractivity contribution >= 4 is 28.4 Å². The Kier molecular flexibility index (Phi) is 4.33. The minimum atomic E-state index is -0.738. The lowest BCUT2D eigenvalue weighted by Gasteiger charge is -2.09. The zero-order valence-electron chi connectivity index (χ0n) is 10.4. The van der Waals surface area contributed by atoms with Gasteiger partial charge in [-0.25, -0.2) is 0 Å². The summed E-state index contributed by atoms with van der Waals surface area (Å²) in [7, 11) is 0. The Morgan fingerprint density at radius 1 is 1.21 bits per heavy atom. The van der Waals surface area contributed by atoms with Gasteiger partial charge in [0.1, 0.15) is 5.92 Å². The standard InChI is InChI=1S/C16H12INO/c1-11-4-2-5-12(8-11)15(10-18)16(19)13-6-3-7-14(17)9-13/h2-9,15H,1H3. The van der Waals surface area contributed by atoms with Crippen molar-refractivity contribution in [3.8, 4) is 6.07 Å². The van der Waals surface area contributed by atoms with Crippen LogP contribution in [0.3, 0.4) is 0 Å². The molecule has 0 aliphatic carbocycles. The maximum absolute atomic E-state index is 12.4. The number of Topliss-reactive ketones (excluding diaryl/α,β-unsaturated/α-hetero) is 1. The third-order valence-electron chi connectivity index (χ3n) is 2.88. The van der Waals surface area contributed by atoms with Gasteiger partial charge in [0.25, 0.3) is 0 Å². The summed E-state index contributed by atoms with van der Waals surface area (Å²) in [6, 6.07) is 17.0. The second kappa shape index (κ2) is 5.98. The molecule has 0 radical (unpaired) electrons. The molecule has 0 amide bonds. The average Bonchev–Trinajstić information content (AvgIpc) is 2.39. The quantitative estimate of drug-likeness (QED) is 0.610. The highest BCUT2D eigenvalue weighted by atomic mass is 127. The van der Waals surface area contributed by atoms with Gasteiger partial charge < -0.3 is 0 Å². The first-order chi connectivity index (χ1) is 9.11. The summed E-state index contributed by atoms with van der Waals surface area (Å²) in [6.45, 7) is 1.95. The Balaban J connectivity index is 2.38. The van der Waals surface area contributed by atoms with Gasteiger partial charge in [0.05, 0.1) is 6.07 Å². The molecule has 0 aliphatic rings. The van der Waals surface area contributed by atoms with Gasteiger partial charge in [0.2, 0.25) is 0 Å². The number of carbonyl (C=O) groups excluding carboxylic acids is 1. The molecule has 0 spiro atoms. The Morgan fingerprint density at radius 2 is 1.95 bits per heavy atom. The van der Waals surface area contributed by atoms with E-state index in [9.17, 15) is 10.1 Å². The van der Waals surface area contributed by atoms with Gasteiger partial charge in [-0.1, -0.05) is 42.0 Å². The first-order valence-electron chi connectivity index (χ1n) is 5.88. The number of benzene rings is 2. The third-order valence-corrected chi connectivity index (χ3v) is 3.55. The molecule has 1 atom stereocenters. The second-order valence-corrected chi connectivity index (χ2v) is 5.60. The molecule has 0 heterocycles. The molecule has 2 aromatic rings. The maximum Gasteiger partial charge on any atom is 0.184 e. The van der Waals surface area contributed by atoms with Crippen LogP contribution >= 0.6 is 22.6 Å². The van der Waals surface area contributed by atoms with E-state index in [-0.39, 0.29) is 5.78 Å². The number of aryl methyl sites for hydroxylation is 1. The molecule has 0 aromatic heterocycles. The summed E-state index contributed by atoms with van der Waals surface area (Å²) in [5.74, 6) is -0.885. The summed E-state index contributed by atoms with van der Waals surface area (Å²) >= 11 is 2.16. The highest BCUT2D eigenvalue weighted by Crippen LogP contribution is 2.22. The molecule has 0 saturated heterocycles. The molecule has 19 heavy (non-hydrogen) atoms. The first-order valence-corrected chi connectivity index (χ1v) is 6.95. The van der Waals surface area contributed by atoms with Crippen LogP contribution in [0.2, 0.25) is 0 Å². The maximum atomic E-state index is 12.4. The van der Waals surface area contributed by atoms with Crippen LogP contribution < -0.4 is 0 Å². The summed E-state index contributed by atoms with van der Waals surface area (Å²) in [4.78, 5) is 12.4. The van der Waals surface area contributed by atoms with Crippen molar-refractivity contribution in [2.45, 2.75) is 12.8 Å². The van der Waals surface area contributed by atoms with E-state index < -0.39 is 5.92 Å². The lowest BCUT2D eigenvalue weighted by molar-refractivity contribution is 0.0979. The minimum Gasteiger partial charge on any atom is -0.292 e. The fourth-order valence-electron chi connectivity index (χ4n) is 1.94. The number of hydrogen-bond donors (Lipinski definition) is 0. The van der Waals surface area contributed by atoms with Crippen LogP contribution in [-0.4, -0.2) is 5.78 Å². The largest absolute Gasteiger partial charge is 0.292 e. The van der Waals surface area contributed by atoms with Crippen LogP contribution in [0.1, 0.15) is 27.4 Å². The third kappa shape index (κ3) is 3.21. The predicted molar refractivity (Wildman–Crippen MR) is 83.0 cm³/mol. The van der Waals surface area contributed by atoms with Crippen molar-refractivity contribution in [2.24, 2.45) is 0 Å². The second-order valence-electron chi connectivity index (χ2n) is 4.35. The lowest BCUT2D eigenvalue weighted by Crippen LogP contribution is -2.11. The molecule has 0 aliphatic heterocycles. The van der Waals surface area contributed by atoms with Gasteiger partial charge in [-0.15, -0.1) is 0 Å². The van der Waals surface area contributed by atoms with Crippen molar-refractivity contribution in [1.82, 2.24) is 0 Å². The molecule has 3 heteroatoms. The molecule has 94 valence electrons. The number of nitrogens with zero attached hydrogens (tertiary/aromatic N) is 1. The van der Waals surface area contributed by atoms with Gasteiger partial charge in [0, 0.05) is 9.13 Å². The van der Waals surface area contributed by atoms with E-state index in [1.807, 2.05) is 49.4 Å². The van der Waals surface area contributed by atoms with Crippen molar-refractivity contribution in [1.29, 1.82) is 5.26 Å². The summed E-state index contributed by atoms with van der Waals surface area (Å²) in [5, 5.41) is 9.30. The molecular formula is C16H12INO. The van der Waals surface area contributed by atoms with Crippen LogP contribution in [-0.2, 0) is 0 Å². The van der Waals surface area contributed by atoms with Crippen LogP contribution in [0.4, 0.5) is 0 Å². The van der Waals surface area contributed by atoms with E-state index in [4.69, 9.17) is 0 Å². The summed E-state index contributed by atoms with van der Waals surface area (Å²) in [5.41, 5.74) is 2.39. The van der Waals surface area contributed by atoms with Gasteiger partial charge in [-0.3, -0.25) is 4.79 Å². The smallest absolute Gasteiger partial charge is 0.184 e. The summed E-state index contributed by atoms with van der Waals surface area (Å²) < 4.78 is 0.990. The van der Waals surface area contributed by atoms with Gasteiger partial charge in [-0.2, -0.15) is 5.26 Å². The van der Waals surface area contributed by atoms with E-state index in [1.54, 1.807) is 6.07 Å². The SMILES string of the molecule is Cc1cccc(C(C#N)C(=O)c2cccc(I)c2)c1. The van der Waals surface area contributed by atoms with E-state index in [2.05, 4.69) is 28.7 Å². The Labute approximate surface area is 126 Å². The Bertz CT molecular complexity index is 658. The molecule has 0 N–H and O–H groups in total. The van der Waals surface area contributed by atoms with E-state index >= 15 is 0 Å². The van der Waals surface area contributed by atoms with Crippen molar-refractivity contribution in [3.05, 3.63) is 68.8 Å². The molecule has 0 fully saturated rings. The fraction of sp³-hybridized carbons (Fsp3) is 0.125. The fourth-order valence-corrected chi connectivity index (χ4v) is 2.49. The van der Waals surface area contributed by atoms with E-state index in [1.165, 1.54) is 0 Å². The lowest BCUT2D eigenvalue weighted by atomic mass is 9.91. The molecule has 2 rings (SSSR count). The molecule has 1 unspecified atom stereocenters. The normalized spacial score (nSPS) is 11.6. The molecule has 2 nitrogen and oxygen atoms in total. The zero-order chi connectivity index (χ0) is 13.8. The van der Waals surface area contributed by atoms with Crippen molar-refractivity contribution in [2.75, 3.05) is 0 Å². The number of rotatable bonds is 3. The number of hydrogen-bond acceptors (Lipinski definition) is 2. The highest BCUT2D eigenvalue weighted by Gasteiger charge is 2.21. The van der Waals surface area contributed by atoms with E-state index in [0.29, 0.717) is 5.56 Å². The number of halogens is 1. The van der Waals surface area contributed by atoms with Crippen LogP contribution in [0.5, 0.6) is 0 Å². The number of ketones is 1. The molecular weight excluding hydrogens is 349 g/mol.